The molecular weight excluding hydrogens is 346 g/mol. The average Bonchev–Trinajstić information content (AvgIpc) is 3.08. The normalized spacial score (nSPS) is 15.2. The molecule has 0 bridgehead atoms. The van der Waals surface area contributed by atoms with Gasteiger partial charge in [0.25, 0.3) is 5.91 Å². The SMILES string of the molecule is Cn1cnc2c(N3CCC(COc4ccnc(C(N)=O)c4)CC3)ncnc21. The summed E-state index contributed by atoms with van der Waals surface area (Å²) in [6, 6.07) is 3.32. The molecule has 0 atom stereocenters. The van der Waals surface area contributed by atoms with Crippen molar-refractivity contribution in [3.63, 3.8) is 0 Å². The zero-order chi connectivity index (χ0) is 18.8. The maximum atomic E-state index is 11.2. The van der Waals surface area contributed by atoms with Crippen LogP contribution in [0.15, 0.2) is 31.0 Å². The number of ether oxygens (including phenoxy) is 1. The molecule has 0 spiro atoms. The van der Waals surface area contributed by atoms with E-state index >= 15 is 0 Å². The summed E-state index contributed by atoms with van der Waals surface area (Å²) >= 11 is 0. The first-order valence-electron chi connectivity index (χ1n) is 8.87. The van der Waals surface area contributed by atoms with E-state index in [1.54, 1.807) is 24.8 Å². The van der Waals surface area contributed by atoms with Gasteiger partial charge < -0.3 is 19.9 Å². The van der Waals surface area contributed by atoms with Crippen LogP contribution in [-0.2, 0) is 7.05 Å². The predicted molar refractivity (Wildman–Crippen MR) is 99.5 cm³/mol. The molecule has 1 saturated heterocycles. The molecular formula is C18H21N7O2. The van der Waals surface area contributed by atoms with Gasteiger partial charge >= 0.3 is 0 Å². The van der Waals surface area contributed by atoms with Crippen molar-refractivity contribution in [2.45, 2.75) is 12.8 Å². The van der Waals surface area contributed by atoms with Crippen molar-refractivity contribution in [1.29, 1.82) is 0 Å². The summed E-state index contributed by atoms with van der Waals surface area (Å²) in [7, 11) is 1.93. The number of carbonyl (C=O) groups is 1. The first kappa shape index (κ1) is 17.2. The van der Waals surface area contributed by atoms with Gasteiger partial charge in [0, 0.05) is 32.4 Å². The molecule has 1 aliphatic heterocycles. The Morgan fingerprint density at radius 2 is 2.07 bits per heavy atom. The Bertz CT molecular complexity index is 963. The standard InChI is InChI=1S/C18H21N7O2/c1-24-11-23-15-17(24)21-10-22-18(15)25-6-3-12(4-7-25)9-27-13-2-5-20-14(8-13)16(19)26/h2,5,8,10-12H,3-4,6-7,9H2,1H3,(H2,19,26). The number of nitrogens with two attached hydrogens (primary N) is 1. The third kappa shape index (κ3) is 3.53. The van der Waals surface area contributed by atoms with Crippen LogP contribution >= 0.6 is 0 Å². The lowest BCUT2D eigenvalue weighted by Crippen LogP contribution is -2.36. The molecule has 3 aromatic heterocycles. The number of aryl methyl sites for hydroxylation is 1. The average molecular weight is 367 g/mol. The number of aromatic nitrogens is 5. The van der Waals surface area contributed by atoms with Crippen molar-refractivity contribution in [3.05, 3.63) is 36.7 Å². The van der Waals surface area contributed by atoms with Crippen molar-refractivity contribution in [1.82, 2.24) is 24.5 Å². The Hall–Kier alpha value is -3.23. The van der Waals surface area contributed by atoms with Crippen LogP contribution in [0, 0.1) is 5.92 Å². The molecule has 9 nitrogen and oxygen atoms in total. The van der Waals surface area contributed by atoms with E-state index in [9.17, 15) is 4.79 Å². The number of hydrogen-bond acceptors (Lipinski definition) is 7. The van der Waals surface area contributed by atoms with Crippen molar-refractivity contribution in [3.8, 4) is 5.75 Å². The molecule has 4 rings (SSSR count). The summed E-state index contributed by atoms with van der Waals surface area (Å²) < 4.78 is 7.74. The van der Waals surface area contributed by atoms with Crippen LogP contribution in [0.25, 0.3) is 11.2 Å². The highest BCUT2D eigenvalue weighted by Crippen LogP contribution is 2.26. The third-order valence-electron chi connectivity index (χ3n) is 4.86. The Morgan fingerprint density at radius 3 is 2.85 bits per heavy atom. The van der Waals surface area contributed by atoms with E-state index in [0.29, 0.717) is 18.3 Å². The van der Waals surface area contributed by atoms with E-state index in [0.717, 1.165) is 42.9 Å². The number of imidazole rings is 1. The molecule has 9 heteroatoms. The topological polar surface area (TPSA) is 112 Å². The van der Waals surface area contributed by atoms with Crippen molar-refractivity contribution in [2.24, 2.45) is 18.7 Å². The quantitative estimate of drug-likeness (QED) is 0.720. The van der Waals surface area contributed by atoms with Crippen LogP contribution in [0.4, 0.5) is 5.82 Å². The number of fused-ring (bicyclic) bond motifs is 1. The first-order chi connectivity index (χ1) is 13.1. The van der Waals surface area contributed by atoms with Crippen LogP contribution in [0.1, 0.15) is 23.3 Å². The van der Waals surface area contributed by atoms with Gasteiger partial charge in [0.1, 0.15) is 17.8 Å². The lowest BCUT2D eigenvalue weighted by Gasteiger charge is -2.32. The molecule has 0 saturated carbocycles. The second-order valence-electron chi connectivity index (χ2n) is 6.71. The Morgan fingerprint density at radius 1 is 1.26 bits per heavy atom. The van der Waals surface area contributed by atoms with Crippen LogP contribution in [0.5, 0.6) is 5.75 Å². The number of hydrogen-bond donors (Lipinski definition) is 1. The Labute approximate surface area is 156 Å². The lowest BCUT2D eigenvalue weighted by molar-refractivity contribution is 0.0995. The molecule has 0 radical (unpaired) electrons. The molecule has 2 N–H and O–H groups in total. The van der Waals surface area contributed by atoms with Crippen LogP contribution < -0.4 is 15.4 Å². The van der Waals surface area contributed by atoms with Gasteiger partial charge in [-0.25, -0.2) is 15.0 Å². The van der Waals surface area contributed by atoms with Gasteiger partial charge in [0.05, 0.1) is 12.9 Å². The summed E-state index contributed by atoms with van der Waals surface area (Å²) in [5.41, 5.74) is 7.15. The number of anilines is 1. The van der Waals surface area contributed by atoms with Gasteiger partial charge in [-0.1, -0.05) is 0 Å². The molecule has 1 amide bonds. The van der Waals surface area contributed by atoms with Gasteiger partial charge in [-0.3, -0.25) is 9.78 Å². The fraction of sp³-hybridized carbons (Fsp3) is 0.389. The van der Waals surface area contributed by atoms with Crippen LogP contribution in [0.2, 0.25) is 0 Å². The second kappa shape index (κ2) is 7.18. The van der Waals surface area contributed by atoms with Crippen molar-refractivity contribution < 1.29 is 9.53 Å². The molecule has 3 aromatic rings. The van der Waals surface area contributed by atoms with Gasteiger partial charge in [0.2, 0.25) is 0 Å². The zero-order valence-electron chi connectivity index (χ0n) is 15.1. The molecule has 0 unspecified atom stereocenters. The van der Waals surface area contributed by atoms with Gasteiger partial charge in [0.15, 0.2) is 17.0 Å². The van der Waals surface area contributed by atoms with Crippen LogP contribution in [0.3, 0.4) is 0 Å². The smallest absolute Gasteiger partial charge is 0.267 e. The fourth-order valence-electron chi connectivity index (χ4n) is 3.33. The molecule has 4 heterocycles. The van der Waals surface area contributed by atoms with E-state index in [1.165, 1.54) is 6.20 Å². The first-order valence-corrected chi connectivity index (χ1v) is 8.87. The highest BCUT2D eigenvalue weighted by molar-refractivity contribution is 5.91. The second-order valence-corrected chi connectivity index (χ2v) is 6.71. The highest BCUT2D eigenvalue weighted by atomic mass is 16.5. The van der Waals surface area contributed by atoms with Crippen LogP contribution in [-0.4, -0.2) is 50.1 Å². The maximum Gasteiger partial charge on any atom is 0.267 e. The van der Waals surface area contributed by atoms with E-state index in [2.05, 4.69) is 24.8 Å². The molecule has 27 heavy (non-hydrogen) atoms. The maximum absolute atomic E-state index is 11.2. The number of piperidine rings is 1. The minimum Gasteiger partial charge on any atom is -0.493 e. The fourth-order valence-corrected chi connectivity index (χ4v) is 3.33. The Balaban J connectivity index is 1.36. The van der Waals surface area contributed by atoms with E-state index < -0.39 is 5.91 Å². The van der Waals surface area contributed by atoms with Gasteiger partial charge in [-0.15, -0.1) is 0 Å². The van der Waals surface area contributed by atoms with Gasteiger partial charge in [-0.2, -0.15) is 0 Å². The molecule has 0 aromatic carbocycles. The number of pyridine rings is 1. The minimum absolute atomic E-state index is 0.213. The summed E-state index contributed by atoms with van der Waals surface area (Å²) in [5.74, 6) is 1.39. The number of carbonyl (C=O) groups excluding carboxylic acids is 1. The largest absolute Gasteiger partial charge is 0.493 e. The minimum atomic E-state index is -0.556. The summed E-state index contributed by atoms with van der Waals surface area (Å²) in [6.07, 6.45) is 6.87. The number of primary amides is 1. The summed E-state index contributed by atoms with van der Waals surface area (Å²) in [6.45, 7) is 2.37. The van der Waals surface area contributed by atoms with Gasteiger partial charge in [-0.05, 0) is 24.8 Å². The van der Waals surface area contributed by atoms with E-state index in [-0.39, 0.29) is 5.69 Å². The molecule has 0 aliphatic carbocycles. The summed E-state index contributed by atoms with van der Waals surface area (Å²) in [4.78, 5) is 30.6. The van der Waals surface area contributed by atoms with Crippen molar-refractivity contribution >= 4 is 22.9 Å². The number of rotatable bonds is 5. The predicted octanol–water partition coefficient (Wildman–Crippen LogP) is 1.15. The third-order valence-corrected chi connectivity index (χ3v) is 4.86. The van der Waals surface area contributed by atoms with E-state index in [4.69, 9.17) is 10.5 Å². The van der Waals surface area contributed by atoms with E-state index in [1.807, 2.05) is 11.6 Å². The molecule has 1 aliphatic rings. The lowest BCUT2D eigenvalue weighted by atomic mass is 9.98. The number of nitrogens with zero attached hydrogens (tertiary/aromatic N) is 6. The highest BCUT2D eigenvalue weighted by Gasteiger charge is 2.23. The molecule has 140 valence electrons. The number of amides is 1. The monoisotopic (exact) mass is 367 g/mol. The zero-order valence-corrected chi connectivity index (χ0v) is 15.1. The Kier molecular flexibility index (Phi) is 4.57. The van der Waals surface area contributed by atoms with Crippen molar-refractivity contribution in [2.75, 3.05) is 24.6 Å². The summed E-state index contributed by atoms with van der Waals surface area (Å²) in [5, 5.41) is 0. The molecule has 1 fully saturated rings.